The number of hydrogen-bond acceptors (Lipinski definition) is 2. The predicted octanol–water partition coefficient (Wildman–Crippen LogP) is 3.87. The van der Waals surface area contributed by atoms with Gasteiger partial charge in [0.1, 0.15) is 5.75 Å². The Labute approximate surface area is 121 Å². The van der Waals surface area contributed by atoms with Gasteiger partial charge in [0.05, 0.1) is 12.1 Å². The number of rotatable bonds is 4. The third kappa shape index (κ3) is 3.08. The van der Waals surface area contributed by atoms with Crippen LogP contribution in [0, 0.1) is 11.6 Å². The van der Waals surface area contributed by atoms with Crippen molar-refractivity contribution >= 4 is 11.6 Å². The molecule has 0 aromatic heterocycles. The lowest BCUT2D eigenvalue weighted by atomic mass is 9.99. The van der Waals surface area contributed by atoms with E-state index in [-0.39, 0.29) is 12.0 Å². The second-order valence-electron chi connectivity index (χ2n) is 4.42. The molecule has 0 bridgehead atoms. The summed E-state index contributed by atoms with van der Waals surface area (Å²) in [4.78, 5) is 0. The Morgan fingerprint density at radius 3 is 2.70 bits per heavy atom. The average Bonchev–Trinajstić information content (AvgIpc) is 2.44. The molecule has 0 saturated carbocycles. The Hall–Kier alpha value is -1.65. The molecule has 0 heterocycles. The minimum atomic E-state index is -0.872. The van der Waals surface area contributed by atoms with Crippen LogP contribution in [0.2, 0.25) is 5.02 Å². The number of hydrogen-bond donors (Lipinski definition) is 1. The Morgan fingerprint density at radius 2 is 2.00 bits per heavy atom. The molecule has 0 aliphatic carbocycles. The maximum absolute atomic E-state index is 13.6. The quantitative estimate of drug-likeness (QED) is 0.930. The number of halogens is 3. The zero-order chi connectivity index (χ0) is 14.7. The molecule has 0 radical (unpaired) electrons. The van der Waals surface area contributed by atoms with E-state index in [1.807, 2.05) is 0 Å². The van der Waals surface area contributed by atoms with Crippen LogP contribution in [-0.2, 0) is 6.42 Å². The average molecular weight is 298 g/mol. The minimum absolute atomic E-state index is 0.189. The van der Waals surface area contributed by atoms with Crippen molar-refractivity contribution in [2.75, 3.05) is 7.11 Å². The molecule has 1 unspecified atom stereocenters. The first kappa shape index (κ1) is 14.8. The molecule has 106 valence electrons. The lowest BCUT2D eigenvalue weighted by molar-refractivity contribution is 0.414. The summed E-state index contributed by atoms with van der Waals surface area (Å²) in [5.74, 6) is -1.23. The molecule has 2 rings (SSSR count). The van der Waals surface area contributed by atoms with Gasteiger partial charge in [0.2, 0.25) is 0 Å². The fraction of sp³-hybridized carbons (Fsp3) is 0.200. The molecule has 0 amide bonds. The molecule has 0 saturated heterocycles. The van der Waals surface area contributed by atoms with E-state index in [0.29, 0.717) is 10.8 Å². The maximum atomic E-state index is 13.6. The molecule has 5 heteroatoms. The van der Waals surface area contributed by atoms with Gasteiger partial charge < -0.3 is 10.5 Å². The number of ether oxygens (including phenoxy) is 1. The summed E-state index contributed by atoms with van der Waals surface area (Å²) in [6, 6.07) is 8.69. The van der Waals surface area contributed by atoms with Gasteiger partial charge in [0.25, 0.3) is 0 Å². The van der Waals surface area contributed by atoms with E-state index in [0.717, 1.165) is 11.6 Å². The van der Waals surface area contributed by atoms with Crippen LogP contribution in [0.4, 0.5) is 8.78 Å². The molecule has 2 aromatic rings. The molecular formula is C15H14ClF2NO. The molecule has 0 fully saturated rings. The first-order valence-electron chi connectivity index (χ1n) is 6.05. The molecule has 0 aliphatic heterocycles. The largest absolute Gasteiger partial charge is 0.495 e. The molecule has 2 nitrogen and oxygen atoms in total. The monoisotopic (exact) mass is 297 g/mol. The summed E-state index contributed by atoms with van der Waals surface area (Å²) < 4.78 is 31.9. The fourth-order valence-electron chi connectivity index (χ4n) is 1.97. The van der Waals surface area contributed by atoms with Gasteiger partial charge in [0, 0.05) is 6.04 Å². The van der Waals surface area contributed by atoms with Crippen LogP contribution in [0.1, 0.15) is 17.2 Å². The Balaban J connectivity index is 2.24. The smallest absolute Gasteiger partial charge is 0.162 e. The highest BCUT2D eigenvalue weighted by atomic mass is 35.5. The topological polar surface area (TPSA) is 35.2 Å². The summed E-state index contributed by atoms with van der Waals surface area (Å²) in [5, 5.41) is 0.473. The normalized spacial score (nSPS) is 12.2. The maximum Gasteiger partial charge on any atom is 0.162 e. The van der Waals surface area contributed by atoms with E-state index >= 15 is 0 Å². The first-order chi connectivity index (χ1) is 9.52. The SMILES string of the molecule is COc1cc(C(N)Cc2cccc(F)c2F)ccc1Cl. The van der Waals surface area contributed by atoms with Crippen molar-refractivity contribution in [3.63, 3.8) is 0 Å². The number of nitrogens with two attached hydrogens (primary N) is 1. The molecular weight excluding hydrogens is 284 g/mol. The van der Waals surface area contributed by atoms with Crippen LogP contribution >= 0.6 is 11.6 Å². The van der Waals surface area contributed by atoms with Crippen LogP contribution in [-0.4, -0.2) is 7.11 Å². The van der Waals surface area contributed by atoms with Crippen molar-refractivity contribution in [3.05, 3.63) is 64.2 Å². The lowest BCUT2D eigenvalue weighted by Crippen LogP contribution is -2.14. The lowest BCUT2D eigenvalue weighted by Gasteiger charge is -2.14. The van der Waals surface area contributed by atoms with Crippen molar-refractivity contribution < 1.29 is 13.5 Å². The van der Waals surface area contributed by atoms with Crippen molar-refractivity contribution in [2.24, 2.45) is 5.73 Å². The molecule has 2 aromatic carbocycles. The summed E-state index contributed by atoms with van der Waals surface area (Å²) in [7, 11) is 1.50. The summed E-state index contributed by atoms with van der Waals surface area (Å²) in [6.45, 7) is 0. The number of benzene rings is 2. The number of methoxy groups -OCH3 is 1. The fourth-order valence-corrected chi connectivity index (χ4v) is 2.16. The van der Waals surface area contributed by atoms with Gasteiger partial charge in [-0.25, -0.2) is 8.78 Å². The van der Waals surface area contributed by atoms with Gasteiger partial charge in [-0.1, -0.05) is 29.8 Å². The zero-order valence-electron chi connectivity index (χ0n) is 10.9. The zero-order valence-corrected chi connectivity index (χ0v) is 11.6. The summed E-state index contributed by atoms with van der Waals surface area (Å²) in [5.41, 5.74) is 7.02. The van der Waals surface area contributed by atoms with Crippen LogP contribution in [0.5, 0.6) is 5.75 Å². The van der Waals surface area contributed by atoms with Crippen LogP contribution in [0.15, 0.2) is 36.4 Å². The Morgan fingerprint density at radius 1 is 1.25 bits per heavy atom. The van der Waals surface area contributed by atoms with Crippen molar-refractivity contribution in [2.45, 2.75) is 12.5 Å². The summed E-state index contributed by atoms with van der Waals surface area (Å²) in [6.07, 6.45) is 0.189. The van der Waals surface area contributed by atoms with E-state index in [1.54, 1.807) is 18.2 Å². The standard InChI is InChI=1S/C15H14ClF2NO/c1-20-14-8-9(5-6-11(14)16)13(19)7-10-3-2-4-12(17)15(10)18/h2-6,8,13H,7,19H2,1H3. The molecule has 0 spiro atoms. The second kappa shape index (κ2) is 6.20. The van der Waals surface area contributed by atoms with Crippen molar-refractivity contribution in [1.29, 1.82) is 0 Å². The van der Waals surface area contributed by atoms with Crippen LogP contribution < -0.4 is 10.5 Å². The highest BCUT2D eigenvalue weighted by Crippen LogP contribution is 2.28. The van der Waals surface area contributed by atoms with Gasteiger partial charge >= 0.3 is 0 Å². The molecule has 2 N–H and O–H groups in total. The van der Waals surface area contributed by atoms with Gasteiger partial charge in [-0.2, -0.15) is 0 Å². The molecule has 1 atom stereocenters. The van der Waals surface area contributed by atoms with E-state index in [1.165, 1.54) is 19.2 Å². The van der Waals surface area contributed by atoms with E-state index < -0.39 is 17.7 Å². The van der Waals surface area contributed by atoms with Gasteiger partial charge in [-0.3, -0.25) is 0 Å². The van der Waals surface area contributed by atoms with Crippen LogP contribution in [0.3, 0.4) is 0 Å². The first-order valence-corrected chi connectivity index (χ1v) is 6.42. The molecule has 20 heavy (non-hydrogen) atoms. The van der Waals surface area contributed by atoms with Gasteiger partial charge in [-0.15, -0.1) is 0 Å². The van der Waals surface area contributed by atoms with Gasteiger partial charge in [0.15, 0.2) is 11.6 Å². The minimum Gasteiger partial charge on any atom is -0.495 e. The Kier molecular flexibility index (Phi) is 4.57. The van der Waals surface area contributed by atoms with Crippen molar-refractivity contribution in [1.82, 2.24) is 0 Å². The molecule has 0 aliphatic rings. The third-order valence-corrected chi connectivity index (χ3v) is 3.39. The van der Waals surface area contributed by atoms with Crippen molar-refractivity contribution in [3.8, 4) is 5.75 Å². The highest BCUT2D eigenvalue weighted by molar-refractivity contribution is 6.32. The summed E-state index contributed by atoms with van der Waals surface area (Å²) >= 11 is 5.93. The van der Waals surface area contributed by atoms with E-state index in [4.69, 9.17) is 22.1 Å². The van der Waals surface area contributed by atoms with Crippen LogP contribution in [0.25, 0.3) is 0 Å². The predicted molar refractivity (Wildman–Crippen MR) is 75.0 cm³/mol. The second-order valence-corrected chi connectivity index (χ2v) is 4.82. The van der Waals surface area contributed by atoms with Gasteiger partial charge in [-0.05, 0) is 35.7 Å². The Bertz CT molecular complexity index is 619. The highest BCUT2D eigenvalue weighted by Gasteiger charge is 2.14. The van der Waals surface area contributed by atoms with E-state index in [2.05, 4.69) is 0 Å². The third-order valence-electron chi connectivity index (χ3n) is 3.07. The van der Waals surface area contributed by atoms with E-state index in [9.17, 15) is 8.78 Å².